The monoisotopic (exact) mass is 510 g/mol. The van der Waals surface area contributed by atoms with Gasteiger partial charge in [-0.15, -0.1) is 11.6 Å². The molecular weight excluding hydrogens is 486 g/mol. The van der Waals surface area contributed by atoms with Gasteiger partial charge in [0, 0.05) is 17.2 Å². The predicted molar refractivity (Wildman–Crippen MR) is 125 cm³/mol. The molecule has 1 heterocycles. The minimum absolute atomic E-state index is 0.0235. The average Bonchev–Trinajstić information content (AvgIpc) is 3.45. The number of para-hydroxylation sites is 1. The lowest BCUT2D eigenvalue weighted by atomic mass is 9.79. The Morgan fingerprint density at radius 1 is 1.24 bits per heavy atom. The first-order valence-corrected chi connectivity index (χ1v) is 13.1. The van der Waals surface area contributed by atoms with Crippen LogP contribution in [0.25, 0.3) is 11.1 Å². The van der Waals surface area contributed by atoms with Gasteiger partial charge in [0.25, 0.3) is 0 Å². The van der Waals surface area contributed by atoms with Gasteiger partial charge in [0.15, 0.2) is 11.6 Å². The van der Waals surface area contributed by atoms with Crippen molar-refractivity contribution in [3.63, 3.8) is 0 Å². The Balaban J connectivity index is 1.71. The van der Waals surface area contributed by atoms with Gasteiger partial charge in [-0.05, 0) is 56.4 Å². The Bertz CT molecular complexity index is 1300. The van der Waals surface area contributed by atoms with Gasteiger partial charge in [-0.3, -0.25) is 0 Å². The highest BCUT2D eigenvalue weighted by molar-refractivity contribution is 7.89. The summed E-state index contributed by atoms with van der Waals surface area (Å²) in [6, 6.07) is 8.11. The van der Waals surface area contributed by atoms with Crippen LogP contribution in [0.3, 0.4) is 0 Å². The van der Waals surface area contributed by atoms with E-state index in [1.54, 1.807) is 19.1 Å². The van der Waals surface area contributed by atoms with Gasteiger partial charge >= 0.3 is 0 Å². The maximum atomic E-state index is 14.7. The van der Waals surface area contributed by atoms with Gasteiger partial charge in [0.1, 0.15) is 12.1 Å². The van der Waals surface area contributed by atoms with Crippen molar-refractivity contribution in [2.75, 3.05) is 5.75 Å². The zero-order valence-electron chi connectivity index (χ0n) is 18.5. The number of hydrogen-bond acceptors (Lipinski definition) is 5. The number of benzene rings is 2. The number of aromatic nitrogens is 1. The molecular formula is C24H25ClF2N2O4S. The molecule has 10 heteroatoms. The van der Waals surface area contributed by atoms with Crippen LogP contribution < -0.4 is 4.72 Å². The number of nitrogens with one attached hydrogen (secondary N) is 1. The number of aromatic hydroxyl groups is 1. The molecule has 182 valence electrons. The van der Waals surface area contributed by atoms with E-state index in [4.69, 9.17) is 16.0 Å². The van der Waals surface area contributed by atoms with Crippen molar-refractivity contribution in [1.82, 2.24) is 9.71 Å². The van der Waals surface area contributed by atoms with E-state index in [2.05, 4.69) is 9.71 Å². The third kappa shape index (κ3) is 4.96. The van der Waals surface area contributed by atoms with Gasteiger partial charge in [-0.2, -0.15) is 0 Å². The highest BCUT2D eigenvalue weighted by Crippen LogP contribution is 2.44. The second-order valence-corrected chi connectivity index (χ2v) is 11.0. The third-order valence-corrected chi connectivity index (χ3v) is 8.05. The Morgan fingerprint density at radius 2 is 2.03 bits per heavy atom. The molecule has 1 aliphatic rings. The van der Waals surface area contributed by atoms with E-state index in [0.29, 0.717) is 42.8 Å². The number of hydrogen-bond donors (Lipinski definition) is 2. The van der Waals surface area contributed by atoms with E-state index in [1.807, 2.05) is 0 Å². The van der Waals surface area contributed by atoms with Crippen LogP contribution in [0.2, 0.25) is 0 Å². The lowest BCUT2D eigenvalue weighted by Crippen LogP contribution is -2.36. The fourth-order valence-corrected chi connectivity index (χ4v) is 5.62. The second kappa shape index (κ2) is 9.64. The number of halogens is 3. The SMILES string of the molecule is CCS(=O)(=O)N[C@H]1CC[C@](Cc2ccc(F)c(-c3cccc(F)c3O)c2)(c2nc(CCl)co2)C1. The van der Waals surface area contributed by atoms with Crippen molar-refractivity contribution in [3.8, 4) is 16.9 Å². The van der Waals surface area contributed by atoms with Crippen molar-refractivity contribution in [3.05, 3.63) is 71.4 Å². The number of sulfonamides is 1. The Hall–Kier alpha value is -2.49. The summed E-state index contributed by atoms with van der Waals surface area (Å²) in [5.74, 6) is -1.47. The van der Waals surface area contributed by atoms with Crippen LogP contribution in [-0.4, -0.2) is 30.3 Å². The van der Waals surface area contributed by atoms with Crippen molar-refractivity contribution in [2.45, 2.75) is 49.9 Å². The van der Waals surface area contributed by atoms with Crippen molar-refractivity contribution < 1.29 is 26.7 Å². The first kappa shape index (κ1) is 24.6. The molecule has 2 atom stereocenters. The van der Waals surface area contributed by atoms with Gasteiger partial charge in [0.2, 0.25) is 15.9 Å². The predicted octanol–water partition coefficient (Wildman–Crippen LogP) is 5.04. The zero-order valence-corrected chi connectivity index (χ0v) is 20.1. The van der Waals surface area contributed by atoms with E-state index in [0.717, 1.165) is 6.07 Å². The number of oxazole rings is 1. The molecule has 0 amide bonds. The number of rotatable bonds is 8. The summed E-state index contributed by atoms with van der Waals surface area (Å²) in [6.07, 6.45) is 3.46. The third-order valence-electron chi connectivity index (χ3n) is 6.33. The molecule has 4 rings (SSSR count). The molecule has 6 nitrogen and oxygen atoms in total. The molecule has 0 unspecified atom stereocenters. The highest BCUT2D eigenvalue weighted by Gasteiger charge is 2.45. The van der Waals surface area contributed by atoms with Crippen LogP contribution >= 0.6 is 11.6 Å². The minimum Gasteiger partial charge on any atom is -0.504 e. The quantitative estimate of drug-likeness (QED) is 0.414. The Kier molecular flexibility index (Phi) is 6.98. The van der Waals surface area contributed by atoms with Crippen LogP contribution in [0.5, 0.6) is 5.75 Å². The second-order valence-electron chi connectivity index (χ2n) is 8.65. The lowest BCUT2D eigenvalue weighted by molar-refractivity contribution is 0.318. The summed E-state index contributed by atoms with van der Waals surface area (Å²) in [5, 5.41) is 10.1. The molecule has 34 heavy (non-hydrogen) atoms. The topological polar surface area (TPSA) is 92.4 Å². The average molecular weight is 511 g/mol. The van der Waals surface area contributed by atoms with Gasteiger partial charge < -0.3 is 9.52 Å². The smallest absolute Gasteiger partial charge is 0.211 e. The van der Waals surface area contributed by atoms with Crippen molar-refractivity contribution >= 4 is 21.6 Å². The molecule has 1 aliphatic carbocycles. The summed E-state index contributed by atoms with van der Waals surface area (Å²) in [7, 11) is -3.40. The first-order valence-electron chi connectivity index (χ1n) is 10.9. The van der Waals surface area contributed by atoms with Crippen molar-refractivity contribution in [2.24, 2.45) is 0 Å². The molecule has 0 bridgehead atoms. The summed E-state index contributed by atoms with van der Waals surface area (Å²) < 4.78 is 61.4. The molecule has 3 aromatic rings. The molecule has 2 N–H and O–H groups in total. The summed E-state index contributed by atoms with van der Waals surface area (Å²) >= 11 is 5.91. The van der Waals surface area contributed by atoms with E-state index < -0.39 is 32.8 Å². The number of nitrogens with zero attached hydrogens (tertiary/aromatic N) is 1. The minimum atomic E-state index is -3.40. The molecule has 1 saturated carbocycles. The number of phenolic OH excluding ortho intramolecular Hbond substituents is 1. The fraction of sp³-hybridized carbons (Fsp3) is 0.375. The standard InChI is InChI=1S/C24H25ClF2N2O4S/c1-2-34(31,32)29-16-8-9-24(12-16,23-28-17(13-25)14-33-23)11-15-6-7-20(26)19(10-15)18-4-3-5-21(27)22(18)30/h3-7,10,14,16,29-30H,2,8-9,11-13H2,1H3/t16-,24+/m0/s1. The molecule has 0 saturated heterocycles. The molecule has 1 fully saturated rings. The van der Waals surface area contributed by atoms with Gasteiger partial charge in [-0.1, -0.05) is 18.2 Å². The summed E-state index contributed by atoms with van der Waals surface area (Å²) in [4.78, 5) is 4.51. The van der Waals surface area contributed by atoms with Gasteiger partial charge in [0.05, 0.1) is 22.7 Å². The highest BCUT2D eigenvalue weighted by atomic mass is 35.5. The zero-order chi connectivity index (χ0) is 24.5. The number of phenols is 1. The Labute approximate surface area is 202 Å². The lowest BCUT2D eigenvalue weighted by Gasteiger charge is -2.26. The molecule has 2 aromatic carbocycles. The summed E-state index contributed by atoms with van der Waals surface area (Å²) in [5.41, 5.74) is 0.751. The van der Waals surface area contributed by atoms with Crippen LogP contribution in [0.15, 0.2) is 47.1 Å². The van der Waals surface area contributed by atoms with E-state index in [1.165, 1.54) is 24.5 Å². The van der Waals surface area contributed by atoms with Crippen LogP contribution in [0.4, 0.5) is 8.78 Å². The van der Waals surface area contributed by atoms with Crippen LogP contribution in [0, 0.1) is 11.6 Å². The van der Waals surface area contributed by atoms with E-state index in [-0.39, 0.29) is 28.8 Å². The fourth-order valence-electron chi connectivity index (χ4n) is 4.62. The van der Waals surface area contributed by atoms with E-state index in [9.17, 15) is 22.3 Å². The van der Waals surface area contributed by atoms with Crippen LogP contribution in [-0.2, 0) is 27.7 Å². The van der Waals surface area contributed by atoms with Crippen LogP contribution in [0.1, 0.15) is 43.3 Å². The Morgan fingerprint density at radius 3 is 2.74 bits per heavy atom. The molecule has 0 spiro atoms. The normalized spacial score (nSPS) is 20.6. The molecule has 0 radical (unpaired) electrons. The van der Waals surface area contributed by atoms with Crippen molar-refractivity contribution in [1.29, 1.82) is 0 Å². The molecule has 0 aliphatic heterocycles. The van der Waals surface area contributed by atoms with E-state index >= 15 is 0 Å². The maximum absolute atomic E-state index is 14.7. The first-order chi connectivity index (χ1) is 16.2. The number of alkyl halides is 1. The summed E-state index contributed by atoms with van der Waals surface area (Å²) in [6.45, 7) is 1.58. The maximum Gasteiger partial charge on any atom is 0.211 e. The van der Waals surface area contributed by atoms with Gasteiger partial charge in [-0.25, -0.2) is 26.9 Å². The molecule has 1 aromatic heterocycles. The largest absolute Gasteiger partial charge is 0.504 e.